The molecule has 0 saturated carbocycles. The quantitative estimate of drug-likeness (QED) is 0.0420. The molecule has 0 aliphatic heterocycles. The fourth-order valence-corrected chi connectivity index (χ4v) is 6.83. The van der Waals surface area contributed by atoms with Crippen LogP contribution in [-0.2, 0) is 52.1 Å². The number of nitrogens with zero attached hydrogens (tertiary/aromatic N) is 1. The highest BCUT2D eigenvalue weighted by Gasteiger charge is 2.42. The molecule has 10 N–H and O–H groups in total. The van der Waals surface area contributed by atoms with Crippen LogP contribution in [0.15, 0.2) is 60.2 Å². The molecule has 0 saturated heterocycles. The number of primary amides is 1. The summed E-state index contributed by atoms with van der Waals surface area (Å²) in [5.41, 5.74) is 6.25. The molecule has 0 aromatic heterocycles. The van der Waals surface area contributed by atoms with E-state index in [0.717, 1.165) is 11.1 Å². The summed E-state index contributed by atoms with van der Waals surface area (Å²) in [5, 5.41) is 28.3. The van der Waals surface area contributed by atoms with Crippen LogP contribution in [0.2, 0.25) is 0 Å². The second-order valence-corrected chi connectivity index (χ2v) is 17.5. The predicted octanol–water partition coefficient (Wildman–Crippen LogP) is 2.64. The lowest BCUT2D eigenvalue weighted by Gasteiger charge is -2.40. The number of aliphatic carboxylic acids is 1. The number of nitrogens with one attached hydrogen (secondary N) is 7. The lowest BCUT2D eigenvalue weighted by molar-refractivity contribution is -0.141. The van der Waals surface area contributed by atoms with Crippen molar-refractivity contribution in [3.05, 3.63) is 76.9 Å². The van der Waals surface area contributed by atoms with Gasteiger partial charge in [0.1, 0.15) is 18.7 Å². The minimum Gasteiger partial charge on any atom is -0.478 e. The van der Waals surface area contributed by atoms with Crippen LogP contribution in [0.25, 0.3) is 0 Å². The summed E-state index contributed by atoms with van der Waals surface area (Å²) in [6.07, 6.45) is 1.74. The van der Waals surface area contributed by atoms with Gasteiger partial charge in [-0.15, -0.1) is 0 Å². The Kier molecular flexibility index (Phi) is 20.9. The molecule has 64 heavy (non-hydrogen) atoms. The highest BCUT2D eigenvalue weighted by atomic mass is 16.5. The van der Waals surface area contributed by atoms with Crippen molar-refractivity contribution in [2.75, 3.05) is 32.5 Å². The number of ether oxygens (including phenoxy) is 1. The topological polar surface area (TPSA) is 279 Å². The minimum absolute atomic E-state index is 0.0774. The molecule has 0 bridgehead atoms. The lowest BCUT2D eigenvalue weighted by atomic mass is 9.76. The number of hydrogen-bond acceptors (Lipinski definition) is 10. The van der Waals surface area contributed by atoms with Gasteiger partial charge in [0.2, 0.25) is 30.0 Å². The van der Waals surface area contributed by atoms with Gasteiger partial charge in [0.05, 0.1) is 18.6 Å². The summed E-state index contributed by atoms with van der Waals surface area (Å²) >= 11 is 0. The zero-order valence-electron chi connectivity index (χ0n) is 38.5. The molecule has 19 nitrogen and oxygen atoms in total. The first-order valence-electron chi connectivity index (χ1n) is 21.0. The fraction of sp³-hybridized carbons (Fsp3) is 0.511. The number of nitrogens with two attached hydrogens (primary N) is 1. The molecule has 0 aliphatic carbocycles. The number of hydrogen-bond donors (Lipinski definition) is 9. The summed E-state index contributed by atoms with van der Waals surface area (Å²) in [4.78, 5) is 101. The van der Waals surface area contributed by atoms with Crippen molar-refractivity contribution in [3.63, 3.8) is 0 Å². The van der Waals surface area contributed by atoms with Crippen LogP contribution in [0.3, 0.4) is 0 Å². The fourth-order valence-electron chi connectivity index (χ4n) is 6.83. The average Bonchev–Trinajstić information content (AvgIpc) is 3.22. The number of urea groups is 1. The molecule has 8 amide bonds. The van der Waals surface area contributed by atoms with Gasteiger partial charge in [-0.2, -0.15) is 0 Å². The maximum Gasteiger partial charge on any atom is 0.407 e. The number of rotatable bonds is 24. The second-order valence-electron chi connectivity index (χ2n) is 17.5. The SMILES string of the molecule is CNC(C(=O)NC(C(=O)N(C)C(/C=C(\C)C(=O)O)C(C)C)C(C)(C)C)C(C)(C)c1cccc(CNC(=O)OCc2ccc(NC(=O)C(CCCNC(N)=O)NC(=O)CNC=O)cc2)c1. The van der Waals surface area contributed by atoms with Crippen molar-refractivity contribution in [1.82, 2.24) is 36.8 Å². The molecule has 2 aromatic rings. The van der Waals surface area contributed by atoms with E-state index in [-0.39, 0.29) is 50.1 Å². The number of amides is 8. The number of carboxylic acid groups (broad SMARTS) is 1. The van der Waals surface area contributed by atoms with E-state index in [1.54, 1.807) is 44.4 Å². The molecule has 2 aromatic carbocycles. The van der Waals surface area contributed by atoms with E-state index in [4.69, 9.17) is 10.5 Å². The molecule has 0 radical (unpaired) electrons. The summed E-state index contributed by atoms with van der Waals surface area (Å²) in [6.45, 7) is 14.5. The summed E-state index contributed by atoms with van der Waals surface area (Å²) in [7, 11) is 3.28. The van der Waals surface area contributed by atoms with Gasteiger partial charge in [-0.3, -0.25) is 24.0 Å². The number of anilines is 1. The van der Waals surface area contributed by atoms with Gasteiger partial charge in [0.15, 0.2) is 0 Å². The minimum atomic E-state index is -1.08. The lowest BCUT2D eigenvalue weighted by Crippen LogP contribution is -2.61. The van der Waals surface area contributed by atoms with Crippen LogP contribution < -0.4 is 43.0 Å². The van der Waals surface area contributed by atoms with Crippen LogP contribution in [0.4, 0.5) is 15.3 Å². The van der Waals surface area contributed by atoms with E-state index >= 15 is 0 Å². The normalized spacial score (nSPS) is 13.6. The third kappa shape index (κ3) is 17.0. The van der Waals surface area contributed by atoms with E-state index in [1.807, 2.05) is 72.7 Å². The summed E-state index contributed by atoms with van der Waals surface area (Å²) in [5.74, 6) is -3.04. The molecule has 0 heterocycles. The molecular formula is C45H67N9O10. The van der Waals surface area contributed by atoms with Gasteiger partial charge in [-0.05, 0) is 67.0 Å². The largest absolute Gasteiger partial charge is 0.478 e. The summed E-state index contributed by atoms with van der Waals surface area (Å²) < 4.78 is 5.42. The van der Waals surface area contributed by atoms with Crippen molar-refractivity contribution in [1.29, 1.82) is 0 Å². The van der Waals surface area contributed by atoms with Gasteiger partial charge in [-0.1, -0.05) is 90.9 Å². The first-order chi connectivity index (χ1) is 29.9. The molecule has 19 heteroatoms. The van der Waals surface area contributed by atoms with Crippen molar-refractivity contribution < 1.29 is 48.2 Å². The molecule has 0 aliphatic rings. The molecule has 4 unspecified atom stereocenters. The molecule has 2 rings (SSSR count). The van der Waals surface area contributed by atoms with Crippen LogP contribution in [0, 0.1) is 11.3 Å². The number of carbonyl (C=O) groups excluding carboxylic acids is 7. The van der Waals surface area contributed by atoms with Gasteiger partial charge >= 0.3 is 18.1 Å². The highest BCUT2D eigenvalue weighted by molar-refractivity contribution is 5.97. The van der Waals surface area contributed by atoms with Crippen molar-refractivity contribution in [2.24, 2.45) is 17.1 Å². The molecule has 0 spiro atoms. The maximum atomic E-state index is 14.1. The van der Waals surface area contributed by atoms with E-state index in [9.17, 15) is 43.5 Å². The van der Waals surface area contributed by atoms with Gasteiger partial charge in [0, 0.05) is 36.8 Å². The van der Waals surface area contributed by atoms with E-state index in [2.05, 4.69) is 37.2 Å². The maximum absolute atomic E-state index is 14.1. The molecule has 352 valence electrons. The standard InChI is InChI=1S/C45H67N9O10/c1-27(2)34(21-28(3)41(60)61)54(10)40(59)37(44(4,5)6)53-39(58)36(47-9)45(7,8)31-14-11-13-30(22-31)23-50-43(63)64-25-29-16-18-32(19-17-29)51-38(57)33(15-12-20-49-42(46)62)52-35(56)24-48-26-55/h11,13-14,16-19,21-22,26-27,33-34,36-37,47H,12,15,20,23-25H2,1-10H3,(H,48,55)(H,50,63)(H,51,57)(H,52,56)(H,53,58)(H,60,61)(H3,46,49,62)/b28-21+. The highest BCUT2D eigenvalue weighted by Crippen LogP contribution is 2.30. The van der Waals surface area contributed by atoms with Crippen molar-refractivity contribution >= 4 is 53.8 Å². The van der Waals surface area contributed by atoms with Crippen LogP contribution in [0.5, 0.6) is 0 Å². The number of carbonyl (C=O) groups is 8. The Hall–Kier alpha value is -6.50. The van der Waals surface area contributed by atoms with Crippen LogP contribution in [0.1, 0.15) is 84.9 Å². The number of benzene rings is 2. The van der Waals surface area contributed by atoms with Crippen molar-refractivity contribution in [3.8, 4) is 0 Å². The van der Waals surface area contributed by atoms with E-state index < -0.39 is 70.8 Å². The Balaban J connectivity index is 2.08. The Labute approximate surface area is 375 Å². The molecular weight excluding hydrogens is 827 g/mol. The van der Waals surface area contributed by atoms with Crippen molar-refractivity contribution in [2.45, 2.75) is 111 Å². The van der Waals surface area contributed by atoms with E-state index in [1.165, 1.54) is 11.8 Å². The Morgan fingerprint density at radius 3 is 2.11 bits per heavy atom. The predicted molar refractivity (Wildman–Crippen MR) is 241 cm³/mol. The number of carboxylic acids is 1. The Bertz CT molecular complexity index is 1980. The summed E-state index contributed by atoms with van der Waals surface area (Å²) in [6, 6.07) is 9.97. The second kappa shape index (κ2) is 25.0. The van der Waals surface area contributed by atoms with Crippen LogP contribution >= 0.6 is 0 Å². The third-order valence-corrected chi connectivity index (χ3v) is 10.6. The van der Waals surface area contributed by atoms with Gasteiger partial charge in [-0.25, -0.2) is 14.4 Å². The van der Waals surface area contributed by atoms with E-state index in [0.29, 0.717) is 24.1 Å². The smallest absolute Gasteiger partial charge is 0.407 e. The van der Waals surface area contributed by atoms with Gasteiger partial charge in [0.25, 0.3) is 0 Å². The first kappa shape index (κ1) is 53.6. The number of likely N-dealkylation sites (N-methyl/N-ethyl adjacent to an activating group) is 2. The Morgan fingerprint density at radius 2 is 1.55 bits per heavy atom. The number of alkyl carbamates (subject to hydrolysis) is 1. The first-order valence-corrected chi connectivity index (χ1v) is 21.0. The average molecular weight is 894 g/mol. The zero-order chi connectivity index (χ0) is 48.4. The zero-order valence-corrected chi connectivity index (χ0v) is 38.5. The molecule has 4 atom stereocenters. The van der Waals surface area contributed by atoms with Crippen LogP contribution in [-0.4, -0.2) is 109 Å². The van der Waals surface area contributed by atoms with Gasteiger partial charge < -0.3 is 57.7 Å². The molecule has 0 fully saturated rings. The third-order valence-electron chi connectivity index (χ3n) is 10.6. The Morgan fingerprint density at radius 1 is 0.891 bits per heavy atom. The monoisotopic (exact) mass is 894 g/mol.